The van der Waals surface area contributed by atoms with Crippen LogP contribution in [0.4, 0.5) is 0 Å². The maximum atomic E-state index is 13.6. The summed E-state index contributed by atoms with van der Waals surface area (Å²) in [4.78, 5) is 41.6. The molecule has 1 amide bonds. The lowest BCUT2D eigenvalue weighted by molar-refractivity contribution is 0.0905. The zero-order valence-electron chi connectivity index (χ0n) is 21.5. The first-order chi connectivity index (χ1) is 17.2. The average Bonchev–Trinajstić information content (AvgIpc) is 2.84. The number of carbonyl (C=O) groups is 2. The minimum atomic E-state index is -0.503. The van der Waals surface area contributed by atoms with Gasteiger partial charge in [-0.15, -0.1) is 0 Å². The second-order valence-corrected chi connectivity index (χ2v) is 9.64. The maximum absolute atomic E-state index is 13.6. The number of Topliss-reactive ketones (excluding diaryl/α,β-unsaturated/α-hetero) is 1. The molecule has 7 nitrogen and oxygen atoms in total. The molecule has 0 radical (unpaired) electrons. The summed E-state index contributed by atoms with van der Waals surface area (Å²) in [6, 6.07) is 14.6. The van der Waals surface area contributed by atoms with E-state index in [0.29, 0.717) is 42.0 Å². The van der Waals surface area contributed by atoms with Gasteiger partial charge >= 0.3 is 0 Å². The molecule has 0 saturated heterocycles. The Kier molecular flexibility index (Phi) is 7.40. The van der Waals surface area contributed by atoms with Gasteiger partial charge in [-0.3, -0.25) is 14.4 Å². The fourth-order valence-corrected chi connectivity index (χ4v) is 4.96. The Balaban J connectivity index is 1.79. The van der Waals surface area contributed by atoms with Crippen molar-refractivity contribution in [3.05, 3.63) is 87.2 Å². The second-order valence-electron chi connectivity index (χ2n) is 9.64. The minimum Gasteiger partial charge on any atom is -0.496 e. The van der Waals surface area contributed by atoms with Gasteiger partial charge in [0.15, 0.2) is 11.2 Å². The molecular weight excluding hydrogens is 454 g/mol. The lowest BCUT2D eigenvalue weighted by Gasteiger charge is -2.30. The smallest absolute Gasteiger partial charge is 0.257 e. The normalized spacial score (nSPS) is 15.3. The van der Waals surface area contributed by atoms with Crippen molar-refractivity contribution in [3.63, 3.8) is 0 Å². The summed E-state index contributed by atoms with van der Waals surface area (Å²) in [6.45, 7) is 4.47. The molecule has 1 aromatic heterocycles. The molecule has 36 heavy (non-hydrogen) atoms. The molecular formula is C29H33N3O4. The first kappa shape index (κ1) is 25.4. The van der Waals surface area contributed by atoms with Crippen LogP contribution in [0.2, 0.25) is 0 Å². The van der Waals surface area contributed by atoms with E-state index in [1.165, 1.54) is 12.3 Å². The number of nitrogens with one attached hydrogen (secondary N) is 1. The molecule has 0 spiro atoms. The molecule has 1 aliphatic rings. The average molecular weight is 488 g/mol. The van der Waals surface area contributed by atoms with E-state index < -0.39 is 11.9 Å². The van der Waals surface area contributed by atoms with Crippen LogP contribution in [0.15, 0.2) is 59.5 Å². The van der Waals surface area contributed by atoms with Crippen molar-refractivity contribution in [2.75, 3.05) is 27.7 Å². The quantitative estimate of drug-likeness (QED) is 0.521. The summed E-state index contributed by atoms with van der Waals surface area (Å²) in [7, 11) is 5.45. The third kappa shape index (κ3) is 4.97. The van der Waals surface area contributed by atoms with Crippen LogP contribution in [0.1, 0.15) is 58.2 Å². The molecule has 0 saturated carbocycles. The fourth-order valence-electron chi connectivity index (χ4n) is 4.96. The largest absolute Gasteiger partial charge is 0.496 e. The van der Waals surface area contributed by atoms with Gasteiger partial charge in [-0.2, -0.15) is 0 Å². The van der Waals surface area contributed by atoms with Crippen molar-refractivity contribution in [1.29, 1.82) is 0 Å². The number of nitrogens with zero attached hydrogens (tertiary/aromatic N) is 2. The van der Waals surface area contributed by atoms with Gasteiger partial charge < -0.3 is 19.5 Å². The van der Waals surface area contributed by atoms with Crippen LogP contribution in [-0.2, 0) is 6.42 Å². The number of aromatic nitrogens is 1. The van der Waals surface area contributed by atoms with E-state index >= 15 is 0 Å². The Labute approximate surface area is 211 Å². The van der Waals surface area contributed by atoms with Gasteiger partial charge in [-0.1, -0.05) is 37.3 Å². The summed E-state index contributed by atoms with van der Waals surface area (Å²) in [6.07, 6.45) is 2.69. The maximum Gasteiger partial charge on any atom is 0.257 e. The van der Waals surface area contributed by atoms with Crippen molar-refractivity contribution in [3.8, 4) is 17.0 Å². The van der Waals surface area contributed by atoms with Gasteiger partial charge in [0.2, 0.25) is 0 Å². The van der Waals surface area contributed by atoms with Crippen molar-refractivity contribution < 1.29 is 14.3 Å². The third-order valence-corrected chi connectivity index (χ3v) is 6.57. The molecule has 2 unspecified atom stereocenters. The SMILES string of the molecule is CCC1C(=O)c2cc(Cc3ccccc3)c(OC)cc2-c2cc(=O)c(C(=O)NC(C)CN(C)C)cn21. The number of pyridine rings is 1. The van der Waals surface area contributed by atoms with Crippen LogP contribution in [0.3, 0.4) is 0 Å². The van der Waals surface area contributed by atoms with E-state index in [0.717, 1.165) is 11.1 Å². The number of fused-ring (bicyclic) bond motifs is 3. The van der Waals surface area contributed by atoms with Crippen LogP contribution in [0.25, 0.3) is 11.3 Å². The lowest BCUT2D eigenvalue weighted by Crippen LogP contribution is -2.41. The number of likely N-dealkylation sites (N-methyl/N-ethyl adjacent to an activating group) is 1. The topological polar surface area (TPSA) is 80.6 Å². The zero-order chi connectivity index (χ0) is 26.0. The summed E-state index contributed by atoms with van der Waals surface area (Å²) >= 11 is 0. The number of ketones is 1. The van der Waals surface area contributed by atoms with Gasteiger partial charge in [0.25, 0.3) is 5.91 Å². The Hall–Kier alpha value is -3.71. The molecule has 1 N–H and O–H groups in total. The lowest BCUT2D eigenvalue weighted by atomic mass is 9.87. The van der Waals surface area contributed by atoms with Gasteiger partial charge in [0.1, 0.15) is 11.3 Å². The number of benzene rings is 2. The van der Waals surface area contributed by atoms with E-state index in [-0.39, 0.29) is 22.8 Å². The van der Waals surface area contributed by atoms with E-state index in [9.17, 15) is 14.4 Å². The highest BCUT2D eigenvalue weighted by molar-refractivity contribution is 6.07. The Morgan fingerprint density at radius 1 is 1.11 bits per heavy atom. The number of carbonyl (C=O) groups excluding carboxylic acids is 2. The highest BCUT2D eigenvalue weighted by Gasteiger charge is 2.33. The van der Waals surface area contributed by atoms with Crippen LogP contribution in [0, 0.1) is 0 Å². The fraction of sp³-hybridized carbons (Fsp3) is 0.345. The first-order valence-corrected chi connectivity index (χ1v) is 12.2. The monoisotopic (exact) mass is 487 g/mol. The van der Waals surface area contributed by atoms with Crippen molar-refractivity contribution in [1.82, 2.24) is 14.8 Å². The Bertz CT molecular complexity index is 1340. The summed E-state index contributed by atoms with van der Waals surface area (Å²) in [5.41, 5.74) is 3.51. The molecule has 7 heteroatoms. The molecule has 0 bridgehead atoms. The molecule has 0 aliphatic carbocycles. The number of hydrogen-bond donors (Lipinski definition) is 1. The van der Waals surface area contributed by atoms with E-state index in [4.69, 9.17) is 4.74 Å². The standard InChI is InChI=1S/C29H33N3O4/c1-6-24-28(34)22-13-20(12-19-10-8-7-9-11-19)27(36-5)14-21(22)25-15-26(33)23(17-32(24)25)29(35)30-18(2)16-31(3)4/h7-11,13-15,17-18,24H,6,12,16H2,1-5H3,(H,30,35). The predicted octanol–water partition coefficient (Wildman–Crippen LogP) is 3.94. The number of amides is 1. The van der Waals surface area contributed by atoms with Crippen LogP contribution in [-0.4, -0.2) is 54.9 Å². The Morgan fingerprint density at radius 3 is 2.47 bits per heavy atom. The van der Waals surface area contributed by atoms with Crippen molar-refractivity contribution in [2.45, 2.75) is 38.8 Å². The van der Waals surface area contributed by atoms with Crippen LogP contribution >= 0.6 is 0 Å². The number of hydrogen-bond acceptors (Lipinski definition) is 5. The van der Waals surface area contributed by atoms with Gasteiger partial charge in [-0.25, -0.2) is 0 Å². The Morgan fingerprint density at radius 2 is 1.83 bits per heavy atom. The van der Waals surface area contributed by atoms with Gasteiger partial charge in [0, 0.05) is 42.4 Å². The van der Waals surface area contributed by atoms with Gasteiger partial charge in [0.05, 0.1) is 18.8 Å². The van der Waals surface area contributed by atoms with E-state index in [2.05, 4.69) is 5.32 Å². The zero-order valence-corrected chi connectivity index (χ0v) is 21.5. The molecule has 4 rings (SSSR count). The number of ether oxygens (including phenoxy) is 1. The summed E-state index contributed by atoms with van der Waals surface area (Å²) in [5.74, 6) is 0.181. The first-order valence-electron chi connectivity index (χ1n) is 12.2. The number of rotatable bonds is 8. The molecule has 1 aliphatic heterocycles. The predicted molar refractivity (Wildman–Crippen MR) is 141 cm³/mol. The molecule has 188 valence electrons. The highest BCUT2D eigenvalue weighted by Crippen LogP contribution is 2.39. The van der Waals surface area contributed by atoms with Crippen molar-refractivity contribution in [2.24, 2.45) is 0 Å². The molecule has 3 aromatic rings. The van der Waals surface area contributed by atoms with E-state index in [1.807, 2.05) is 75.3 Å². The third-order valence-electron chi connectivity index (χ3n) is 6.57. The molecule has 2 aromatic carbocycles. The van der Waals surface area contributed by atoms with Crippen molar-refractivity contribution >= 4 is 11.7 Å². The molecule has 0 fully saturated rings. The molecule has 2 atom stereocenters. The number of methoxy groups -OCH3 is 1. The summed E-state index contributed by atoms with van der Waals surface area (Å²) < 4.78 is 7.46. The second kappa shape index (κ2) is 10.5. The molecule has 2 heterocycles. The van der Waals surface area contributed by atoms with Crippen LogP contribution in [0.5, 0.6) is 5.75 Å². The summed E-state index contributed by atoms with van der Waals surface area (Å²) in [5, 5.41) is 2.89. The van der Waals surface area contributed by atoms with Crippen LogP contribution < -0.4 is 15.5 Å². The van der Waals surface area contributed by atoms with E-state index in [1.54, 1.807) is 11.7 Å². The minimum absolute atomic E-state index is 0.0340. The highest BCUT2D eigenvalue weighted by atomic mass is 16.5. The van der Waals surface area contributed by atoms with Gasteiger partial charge in [-0.05, 0) is 50.7 Å².